The van der Waals surface area contributed by atoms with Gasteiger partial charge in [0.05, 0.1) is 12.2 Å². The Morgan fingerprint density at radius 1 is 1.59 bits per heavy atom. The van der Waals surface area contributed by atoms with Gasteiger partial charge >= 0.3 is 0 Å². The van der Waals surface area contributed by atoms with Gasteiger partial charge in [-0.15, -0.1) is 11.3 Å². The molecule has 1 saturated heterocycles. The van der Waals surface area contributed by atoms with Gasteiger partial charge in [0, 0.05) is 22.2 Å². The minimum atomic E-state index is 0.0299. The van der Waals surface area contributed by atoms with Gasteiger partial charge in [-0.25, -0.2) is 0 Å². The molecule has 0 saturated carbocycles. The number of thiophene rings is 1. The van der Waals surface area contributed by atoms with Crippen LogP contribution in [0, 0.1) is 0 Å². The van der Waals surface area contributed by atoms with Crippen molar-refractivity contribution < 1.29 is 4.74 Å². The van der Waals surface area contributed by atoms with E-state index in [1.165, 1.54) is 10.4 Å². The molecule has 1 N–H and O–H groups in total. The fraction of sp³-hybridized carbons (Fsp3) is 0.714. The molecule has 2 aliphatic rings. The van der Waals surface area contributed by atoms with Gasteiger partial charge in [-0.05, 0) is 44.4 Å². The molecule has 0 aromatic carbocycles. The van der Waals surface area contributed by atoms with E-state index in [1.54, 1.807) is 4.88 Å². The fourth-order valence-electron chi connectivity index (χ4n) is 3.21. The maximum absolute atomic E-state index is 6.23. The summed E-state index contributed by atoms with van der Waals surface area (Å²) in [6, 6.07) is 2.98. The molecule has 17 heavy (non-hydrogen) atoms. The normalized spacial score (nSPS) is 32.7. The van der Waals surface area contributed by atoms with Crippen LogP contribution in [0.3, 0.4) is 0 Å². The van der Waals surface area contributed by atoms with Gasteiger partial charge in [0.1, 0.15) is 0 Å². The Kier molecular flexibility index (Phi) is 3.01. The largest absolute Gasteiger partial charge is 0.370 e. The molecule has 3 rings (SSSR count). The summed E-state index contributed by atoms with van der Waals surface area (Å²) >= 11 is 2.00. The summed E-state index contributed by atoms with van der Waals surface area (Å²) < 4.78 is 6.23. The van der Waals surface area contributed by atoms with Crippen molar-refractivity contribution in [3.63, 3.8) is 0 Å². The molecule has 0 radical (unpaired) electrons. The molecule has 1 aromatic rings. The summed E-state index contributed by atoms with van der Waals surface area (Å²) in [5.74, 6) is 0. The van der Waals surface area contributed by atoms with E-state index in [0.29, 0.717) is 6.04 Å². The highest BCUT2D eigenvalue weighted by Gasteiger charge is 2.41. The summed E-state index contributed by atoms with van der Waals surface area (Å²) in [5, 5.41) is 3.53. The van der Waals surface area contributed by atoms with Crippen LogP contribution in [0.25, 0.3) is 0 Å². The summed E-state index contributed by atoms with van der Waals surface area (Å²) in [6.45, 7) is 6.50. The molecule has 1 aromatic heterocycles. The third-order valence-electron chi connectivity index (χ3n) is 4.06. The number of rotatable bonds is 1. The fourth-order valence-corrected chi connectivity index (χ4v) is 4.39. The van der Waals surface area contributed by atoms with Gasteiger partial charge in [0.2, 0.25) is 0 Å². The second-order valence-corrected chi connectivity index (χ2v) is 6.53. The monoisotopic (exact) mass is 251 g/mol. The molecular formula is C14H21NOS. The van der Waals surface area contributed by atoms with Crippen LogP contribution in [0.1, 0.15) is 42.0 Å². The Morgan fingerprint density at radius 3 is 3.24 bits per heavy atom. The number of piperidine rings is 1. The van der Waals surface area contributed by atoms with Crippen LogP contribution in [0.4, 0.5) is 0 Å². The average molecular weight is 251 g/mol. The molecule has 1 spiro atoms. The van der Waals surface area contributed by atoms with Crippen LogP contribution in [-0.4, -0.2) is 19.2 Å². The number of hydrogen-bond acceptors (Lipinski definition) is 3. The number of hydrogen-bond donors (Lipinski definition) is 1. The van der Waals surface area contributed by atoms with Gasteiger partial charge < -0.3 is 10.1 Å². The van der Waals surface area contributed by atoms with Gasteiger partial charge in [-0.1, -0.05) is 6.92 Å². The molecular weight excluding hydrogens is 230 g/mol. The van der Waals surface area contributed by atoms with Gasteiger partial charge in [0.15, 0.2) is 0 Å². The van der Waals surface area contributed by atoms with Crippen molar-refractivity contribution >= 4 is 11.3 Å². The Labute approximate surface area is 107 Å². The highest BCUT2D eigenvalue weighted by molar-refractivity contribution is 7.12. The van der Waals surface area contributed by atoms with Gasteiger partial charge in [-0.3, -0.25) is 0 Å². The Bertz CT molecular complexity index is 414. The quantitative estimate of drug-likeness (QED) is 0.828. The van der Waals surface area contributed by atoms with Crippen molar-refractivity contribution in [2.45, 2.75) is 51.2 Å². The van der Waals surface area contributed by atoms with Crippen molar-refractivity contribution in [3.8, 4) is 0 Å². The van der Waals surface area contributed by atoms with Crippen molar-refractivity contribution in [2.75, 3.05) is 13.2 Å². The lowest BCUT2D eigenvalue weighted by atomic mass is 9.80. The first-order chi connectivity index (χ1) is 8.23. The molecule has 1 fully saturated rings. The summed E-state index contributed by atoms with van der Waals surface area (Å²) in [5.41, 5.74) is 1.54. The molecule has 0 amide bonds. The van der Waals surface area contributed by atoms with Crippen LogP contribution in [0.5, 0.6) is 0 Å². The minimum Gasteiger partial charge on any atom is -0.370 e. The third-order valence-corrected chi connectivity index (χ3v) is 5.40. The number of ether oxygens (including phenoxy) is 1. The van der Waals surface area contributed by atoms with Crippen molar-refractivity contribution in [1.29, 1.82) is 0 Å². The Morgan fingerprint density at radius 2 is 2.47 bits per heavy atom. The van der Waals surface area contributed by atoms with Crippen LogP contribution in [0.15, 0.2) is 6.07 Å². The van der Waals surface area contributed by atoms with Crippen LogP contribution < -0.4 is 5.32 Å². The van der Waals surface area contributed by atoms with Crippen LogP contribution >= 0.6 is 11.3 Å². The van der Waals surface area contributed by atoms with Crippen LogP contribution in [0.2, 0.25) is 0 Å². The van der Waals surface area contributed by atoms with E-state index in [9.17, 15) is 0 Å². The molecule has 94 valence electrons. The SMILES string of the molecule is CCc1cc2c(s1)CCOC21CCNC(C)C1. The molecule has 0 aliphatic carbocycles. The number of fused-ring (bicyclic) bond motifs is 2. The van der Waals surface area contributed by atoms with Gasteiger partial charge in [0.25, 0.3) is 0 Å². The second-order valence-electron chi connectivity index (χ2n) is 5.31. The first-order valence-corrected chi connectivity index (χ1v) is 7.54. The lowest BCUT2D eigenvalue weighted by Crippen LogP contribution is -2.48. The third kappa shape index (κ3) is 1.94. The van der Waals surface area contributed by atoms with E-state index in [4.69, 9.17) is 4.74 Å². The minimum absolute atomic E-state index is 0.0299. The van der Waals surface area contributed by atoms with E-state index < -0.39 is 0 Å². The summed E-state index contributed by atoms with van der Waals surface area (Å²) in [7, 11) is 0. The Balaban J connectivity index is 1.99. The molecule has 3 heterocycles. The predicted octanol–water partition coefficient (Wildman–Crippen LogP) is 2.85. The summed E-state index contributed by atoms with van der Waals surface area (Å²) in [4.78, 5) is 3.10. The van der Waals surface area contributed by atoms with Gasteiger partial charge in [-0.2, -0.15) is 0 Å². The first kappa shape index (κ1) is 11.7. The predicted molar refractivity (Wildman–Crippen MR) is 71.7 cm³/mol. The zero-order valence-electron chi connectivity index (χ0n) is 10.7. The maximum atomic E-state index is 6.23. The highest BCUT2D eigenvalue weighted by atomic mass is 32.1. The van der Waals surface area contributed by atoms with Crippen molar-refractivity contribution in [1.82, 2.24) is 5.32 Å². The molecule has 2 unspecified atom stereocenters. The van der Waals surface area contributed by atoms with Crippen molar-refractivity contribution in [3.05, 3.63) is 21.4 Å². The van der Waals surface area contributed by atoms with Crippen molar-refractivity contribution in [2.24, 2.45) is 0 Å². The topological polar surface area (TPSA) is 21.3 Å². The highest BCUT2D eigenvalue weighted by Crippen LogP contribution is 2.44. The lowest BCUT2D eigenvalue weighted by molar-refractivity contribution is -0.0870. The average Bonchev–Trinajstić information content (AvgIpc) is 2.74. The number of nitrogens with one attached hydrogen (secondary N) is 1. The van der Waals surface area contributed by atoms with E-state index in [-0.39, 0.29) is 5.60 Å². The zero-order valence-corrected chi connectivity index (χ0v) is 11.5. The van der Waals surface area contributed by atoms with Crippen LogP contribution in [-0.2, 0) is 23.2 Å². The zero-order chi connectivity index (χ0) is 11.9. The Hall–Kier alpha value is -0.380. The van der Waals surface area contributed by atoms with E-state index in [2.05, 4.69) is 25.2 Å². The molecule has 3 heteroatoms. The second kappa shape index (κ2) is 4.38. The smallest absolute Gasteiger partial charge is 0.0969 e. The van der Waals surface area contributed by atoms with E-state index in [0.717, 1.165) is 38.8 Å². The summed E-state index contributed by atoms with van der Waals surface area (Å²) in [6.07, 6.45) is 4.52. The molecule has 2 atom stereocenters. The number of aryl methyl sites for hydroxylation is 1. The van der Waals surface area contributed by atoms with E-state index in [1.807, 2.05) is 11.3 Å². The molecule has 0 bridgehead atoms. The maximum Gasteiger partial charge on any atom is 0.0969 e. The standard InChI is InChI=1S/C14H21NOS/c1-3-11-8-12-13(17-11)4-7-16-14(12)5-6-15-10(2)9-14/h8,10,15H,3-7,9H2,1-2H3. The van der Waals surface area contributed by atoms with E-state index >= 15 is 0 Å². The first-order valence-electron chi connectivity index (χ1n) is 6.73. The lowest BCUT2D eigenvalue weighted by Gasteiger charge is -2.43. The molecule has 2 aliphatic heterocycles. The molecule has 2 nitrogen and oxygen atoms in total.